The van der Waals surface area contributed by atoms with Crippen molar-refractivity contribution in [1.82, 2.24) is 4.98 Å². The maximum Gasteiger partial charge on any atom is 0.156 e. The summed E-state index contributed by atoms with van der Waals surface area (Å²) >= 11 is 1.40. The molecule has 2 N–H and O–H groups in total. The minimum atomic E-state index is -3.06. The molecule has 0 saturated heterocycles. The molecular weight excluding hydrogens is 256 g/mol. The normalized spacial score (nSPS) is 15.8. The highest BCUT2D eigenvalue weighted by molar-refractivity contribution is 7.91. The van der Waals surface area contributed by atoms with Crippen LogP contribution in [-0.2, 0) is 16.3 Å². The molecule has 0 bridgehead atoms. The number of hydrogen-bond donors (Lipinski definition) is 1. The molecule has 0 saturated carbocycles. The van der Waals surface area contributed by atoms with Crippen LogP contribution in [0.1, 0.15) is 42.6 Å². The molecule has 0 radical (unpaired) electrons. The van der Waals surface area contributed by atoms with E-state index in [9.17, 15) is 8.42 Å². The monoisotopic (exact) mass is 276 g/mol. The first-order valence-corrected chi connectivity index (χ1v) is 8.56. The van der Waals surface area contributed by atoms with E-state index >= 15 is 0 Å². The first-order valence-electron chi connectivity index (χ1n) is 5.73. The molecule has 2 atom stereocenters. The molecule has 2 unspecified atom stereocenters. The second-order valence-electron chi connectivity index (χ2n) is 4.40. The lowest BCUT2D eigenvalue weighted by Crippen LogP contribution is -2.22. The maximum atomic E-state index is 11.4. The summed E-state index contributed by atoms with van der Waals surface area (Å²) in [5.74, 6) is 0. The number of hydrogen-bond acceptors (Lipinski definition) is 5. The van der Waals surface area contributed by atoms with Crippen LogP contribution in [0.3, 0.4) is 0 Å². The summed E-state index contributed by atoms with van der Waals surface area (Å²) < 4.78 is 22.8. The number of aromatic nitrogens is 1. The summed E-state index contributed by atoms with van der Waals surface area (Å²) in [7, 11) is -3.06. The summed E-state index contributed by atoms with van der Waals surface area (Å²) in [6.07, 6.45) is 3.98. The van der Waals surface area contributed by atoms with Crippen molar-refractivity contribution in [3.05, 3.63) is 16.1 Å². The molecule has 0 spiro atoms. The third-order valence-electron chi connectivity index (χ3n) is 2.69. The second kappa shape index (κ2) is 5.93. The lowest BCUT2D eigenvalue weighted by atomic mass is 10.1. The van der Waals surface area contributed by atoms with Gasteiger partial charge in [-0.3, -0.25) is 0 Å². The average molecular weight is 276 g/mol. The molecule has 1 aromatic heterocycles. The molecule has 0 amide bonds. The van der Waals surface area contributed by atoms with E-state index < -0.39 is 15.1 Å². The van der Waals surface area contributed by atoms with Crippen LogP contribution in [0.15, 0.2) is 5.38 Å². The molecule has 0 aromatic carbocycles. The molecule has 4 nitrogen and oxygen atoms in total. The molecule has 98 valence electrons. The van der Waals surface area contributed by atoms with Gasteiger partial charge in [-0.1, -0.05) is 13.3 Å². The lowest BCUT2D eigenvalue weighted by molar-refractivity contribution is 0.588. The molecule has 0 aliphatic rings. The van der Waals surface area contributed by atoms with E-state index in [0.29, 0.717) is 5.01 Å². The van der Waals surface area contributed by atoms with E-state index in [2.05, 4.69) is 11.9 Å². The molecule has 0 aliphatic heterocycles. The van der Waals surface area contributed by atoms with Gasteiger partial charge >= 0.3 is 0 Å². The zero-order valence-corrected chi connectivity index (χ0v) is 12.1. The Morgan fingerprint density at radius 2 is 2.18 bits per heavy atom. The highest BCUT2D eigenvalue weighted by Crippen LogP contribution is 2.24. The molecule has 0 fully saturated rings. The fraction of sp³-hybridized carbons (Fsp3) is 0.727. The van der Waals surface area contributed by atoms with E-state index in [1.807, 2.05) is 5.38 Å². The Balaban J connectivity index is 2.72. The van der Waals surface area contributed by atoms with Gasteiger partial charge in [0.15, 0.2) is 9.84 Å². The number of sulfone groups is 1. The van der Waals surface area contributed by atoms with Gasteiger partial charge in [-0.2, -0.15) is 0 Å². The van der Waals surface area contributed by atoms with Gasteiger partial charge in [0.1, 0.15) is 10.3 Å². The summed E-state index contributed by atoms with van der Waals surface area (Å²) in [5, 5.41) is 2.04. The summed E-state index contributed by atoms with van der Waals surface area (Å²) in [6.45, 7) is 3.77. The zero-order valence-electron chi connectivity index (χ0n) is 10.5. The minimum Gasteiger partial charge on any atom is -0.327 e. The zero-order chi connectivity index (χ0) is 13.1. The van der Waals surface area contributed by atoms with Crippen molar-refractivity contribution in [3.8, 4) is 0 Å². The Morgan fingerprint density at radius 1 is 1.53 bits per heavy atom. The highest BCUT2D eigenvalue weighted by atomic mass is 32.2. The largest absolute Gasteiger partial charge is 0.327 e. The van der Waals surface area contributed by atoms with Crippen LogP contribution in [0.4, 0.5) is 0 Å². The van der Waals surface area contributed by atoms with Crippen molar-refractivity contribution in [2.45, 2.75) is 44.4 Å². The Hall–Kier alpha value is -0.460. The van der Waals surface area contributed by atoms with Crippen LogP contribution >= 0.6 is 11.3 Å². The fourth-order valence-electron chi connectivity index (χ4n) is 1.53. The van der Waals surface area contributed by atoms with E-state index in [1.165, 1.54) is 17.6 Å². The van der Waals surface area contributed by atoms with Gasteiger partial charge in [-0.25, -0.2) is 13.4 Å². The van der Waals surface area contributed by atoms with Crippen molar-refractivity contribution in [2.75, 3.05) is 6.26 Å². The van der Waals surface area contributed by atoms with Gasteiger partial charge in [0, 0.05) is 24.1 Å². The second-order valence-corrected chi connectivity index (χ2v) is 7.66. The maximum absolute atomic E-state index is 11.4. The van der Waals surface area contributed by atoms with Crippen molar-refractivity contribution in [3.63, 3.8) is 0 Å². The fourth-order valence-corrected chi connectivity index (χ4v) is 3.41. The van der Waals surface area contributed by atoms with Crippen LogP contribution < -0.4 is 5.73 Å². The topological polar surface area (TPSA) is 73.1 Å². The number of nitrogens with zero attached hydrogens (tertiary/aromatic N) is 1. The summed E-state index contributed by atoms with van der Waals surface area (Å²) in [5.41, 5.74) is 6.84. The molecule has 1 aromatic rings. The van der Waals surface area contributed by atoms with Crippen LogP contribution in [0, 0.1) is 0 Å². The Labute approximate surface area is 107 Å². The molecular formula is C11H20N2O2S2. The number of thiazole rings is 1. The molecule has 1 heterocycles. The van der Waals surface area contributed by atoms with Crippen LogP contribution in [0.2, 0.25) is 0 Å². The number of nitrogens with two attached hydrogens (primary N) is 1. The predicted molar refractivity (Wildman–Crippen MR) is 72.0 cm³/mol. The van der Waals surface area contributed by atoms with Gasteiger partial charge < -0.3 is 5.73 Å². The van der Waals surface area contributed by atoms with Gasteiger partial charge in [-0.15, -0.1) is 11.3 Å². The van der Waals surface area contributed by atoms with Gasteiger partial charge in [0.25, 0.3) is 0 Å². The Morgan fingerprint density at radius 3 is 2.71 bits per heavy atom. The van der Waals surface area contributed by atoms with Crippen LogP contribution in [0.25, 0.3) is 0 Å². The third kappa shape index (κ3) is 4.37. The van der Waals surface area contributed by atoms with E-state index in [-0.39, 0.29) is 6.04 Å². The quantitative estimate of drug-likeness (QED) is 0.861. The van der Waals surface area contributed by atoms with Crippen molar-refractivity contribution >= 4 is 21.2 Å². The van der Waals surface area contributed by atoms with Crippen molar-refractivity contribution < 1.29 is 8.42 Å². The smallest absolute Gasteiger partial charge is 0.156 e. The standard InChI is InChI=1S/C11H20N2O2S2/c1-4-5-9(12)6-10-7-16-11(13-10)8(2)17(3,14)15/h7-9H,4-6,12H2,1-3H3. The van der Waals surface area contributed by atoms with Crippen LogP contribution in [-0.4, -0.2) is 25.7 Å². The Kier molecular flexibility index (Phi) is 5.09. The highest BCUT2D eigenvalue weighted by Gasteiger charge is 2.20. The van der Waals surface area contributed by atoms with E-state index in [0.717, 1.165) is 25.0 Å². The van der Waals surface area contributed by atoms with E-state index in [4.69, 9.17) is 5.73 Å². The van der Waals surface area contributed by atoms with Crippen LogP contribution in [0.5, 0.6) is 0 Å². The van der Waals surface area contributed by atoms with Gasteiger partial charge in [-0.05, 0) is 13.3 Å². The SMILES string of the molecule is CCCC(N)Cc1csc(C(C)S(C)(=O)=O)n1. The summed E-state index contributed by atoms with van der Waals surface area (Å²) in [6, 6.07) is 0.114. The van der Waals surface area contributed by atoms with Crippen molar-refractivity contribution in [1.29, 1.82) is 0 Å². The molecule has 17 heavy (non-hydrogen) atoms. The van der Waals surface area contributed by atoms with Gasteiger partial charge in [0.2, 0.25) is 0 Å². The Bertz CT molecular complexity index is 454. The van der Waals surface area contributed by atoms with E-state index in [1.54, 1.807) is 6.92 Å². The third-order valence-corrected chi connectivity index (χ3v) is 5.42. The molecule has 6 heteroatoms. The predicted octanol–water partition coefficient (Wildman–Crippen LogP) is 1.92. The molecule has 1 rings (SSSR count). The van der Waals surface area contributed by atoms with Crippen molar-refractivity contribution in [2.24, 2.45) is 5.73 Å². The number of rotatable bonds is 6. The first-order chi connectivity index (χ1) is 7.84. The lowest BCUT2D eigenvalue weighted by Gasteiger charge is -2.07. The summed E-state index contributed by atoms with van der Waals surface area (Å²) in [4.78, 5) is 4.36. The van der Waals surface area contributed by atoms with Gasteiger partial charge in [0.05, 0.1) is 5.69 Å². The first kappa shape index (κ1) is 14.6. The molecule has 0 aliphatic carbocycles. The average Bonchev–Trinajstić information content (AvgIpc) is 2.63. The minimum absolute atomic E-state index is 0.114.